The molecule has 5 nitrogen and oxygen atoms in total. The first-order chi connectivity index (χ1) is 9.95. The highest BCUT2D eigenvalue weighted by Crippen LogP contribution is 2.39. The standard InChI is InChI=1S/C14H14ClNO4S/c1-9(16-2)14(19-12(17)7-8-13(18)20-14)21-11-5-3-10(15)4-6-11/h3-9,16H,1-2H3/t9-/m0/s1. The van der Waals surface area contributed by atoms with Crippen molar-refractivity contribution in [3.05, 3.63) is 41.4 Å². The molecule has 1 heterocycles. The topological polar surface area (TPSA) is 64.6 Å². The first-order valence-electron chi connectivity index (χ1n) is 6.21. The van der Waals surface area contributed by atoms with Crippen LogP contribution < -0.4 is 5.32 Å². The summed E-state index contributed by atoms with van der Waals surface area (Å²) in [5.74, 6) is -1.27. The van der Waals surface area contributed by atoms with Crippen LogP contribution in [0.5, 0.6) is 0 Å². The number of carbonyl (C=O) groups is 2. The van der Waals surface area contributed by atoms with Gasteiger partial charge >= 0.3 is 17.1 Å². The number of cyclic esters (lactones) is 2. The molecule has 112 valence electrons. The second kappa shape index (κ2) is 6.51. The molecule has 1 N–H and O–H groups in total. The van der Waals surface area contributed by atoms with Crippen LogP contribution in [0.15, 0.2) is 41.3 Å². The summed E-state index contributed by atoms with van der Waals surface area (Å²) in [6.07, 6.45) is 2.10. The monoisotopic (exact) mass is 327 g/mol. The number of likely N-dealkylation sites (N-methyl/N-ethyl adjacent to an activating group) is 1. The molecule has 21 heavy (non-hydrogen) atoms. The number of carbonyl (C=O) groups excluding carboxylic acids is 2. The van der Waals surface area contributed by atoms with E-state index >= 15 is 0 Å². The number of rotatable bonds is 4. The Morgan fingerprint density at radius 1 is 1.14 bits per heavy atom. The maximum absolute atomic E-state index is 11.7. The van der Waals surface area contributed by atoms with Crippen LogP contribution in [0.25, 0.3) is 0 Å². The van der Waals surface area contributed by atoms with Crippen LogP contribution in [0, 0.1) is 0 Å². The Balaban J connectivity index is 2.34. The third-order valence-electron chi connectivity index (χ3n) is 2.88. The third kappa shape index (κ3) is 3.78. The molecule has 0 fully saturated rings. The van der Waals surface area contributed by atoms with Gasteiger partial charge in [-0.1, -0.05) is 11.6 Å². The molecular weight excluding hydrogens is 314 g/mol. The molecule has 0 unspecified atom stereocenters. The fourth-order valence-electron chi connectivity index (χ4n) is 1.66. The minimum atomic E-state index is -1.49. The van der Waals surface area contributed by atoms with E-state index < -0.39 is 23.1 Å². The maximum Gasteiger partial charge on any atom is 0.334 e. The molecule has 0 amide bonds. The Morgan fingerprint density at radius 3 is 2.14 bits per heavy atom. The lowest BCUT2D eigenvalue weighted by molar-refractivity contribution is -0.194. The van der Waals surface area contributed by atoms with Crippen LogP contribution in [-0.2, 0) is 19.1 Å². The van der Waals surface area contributed by atoms with E-state index in [1.807, 2.05) is 0 Å². The Morgan fingerprint density at radius 2 is 1.67 bits per heavy atom. The highest BCUT2D eigenvalue weighted by molar-refractivity contribution is 8.00. The van der Waals surface area contributed by atoms with E-state index in [0.717, 1.165) is 28.8 Å². The molecule has 0 saturated heterocycles. The average Bonchev–Trinajstić information content (AvgIpc) is 2.60. The third-order valence-corrected chi connectivity index (χ3v) is 4.44. The normalized spacial score (nSPS) is 18.6. The van der Waals surface area contributed by atoms with Gasteiger partial charge in [0.15, 0.2) is 0 Å². The molecule has 0 bridgehead atoms. The van der Waals surface area contributed by atoms with E-state index in [4.69, 9.17) is 21.1 Å². The second-order valence-electron chi connectivity index (χ2n) is 4.35. The molecular formula is C14H14ClNO4S. The number of nitrogens with one attached hydrogen (secondary N) is 1. The maximum atomic E-state index is 11.7. The molecule has 1 aromatic carbocycles. The van der Waals surface area contributed by atoms with Gasteiger partial charge < -0.3 is 14.8 Å². The lowest BCUT2D eigenvalue weighted by Gasteiger charge is -2.34. The van der Waals surface area contributed by atoms with Crippen molar-refractivity contribution < 1.29 is 19.1 Å². The van der Waals surface area contributed by atoms with Crippen LogP contribution in [0.3, 0.4) is 0 Å². The Labute approximate surface area is 131 Å². The molecule has 0 aromatic heterocycles. The Hall–Kier alpha value is -1.50. The molecule has 2 rings (SSSR count). The summed E-state index contributed by atoms with van der Waals surface area (Å²) in [6.45, 7) is 1.76. The highest BCUT2D eigenvalue weighted by atomic mass is 35.5. The summed E-state index contributed by atoms with van der Waals surface area (Å²) in [7, 11) is 1.69. The van der Waals surface area contributed by atoms with Gasteiger partial charge in [0.05, 0.1) is 6.04 Å². The van der Waals surface area contributed by atoms with Crippen molar-refractivity contribution >= 4 is 35.3 Å². The zero-order chi connectivity index (χ0) is 15.5. The molecule has 1 atom stereocenters. The predicted molar refractivity (Wildman–Crippen MR) is 79.9 cm³/mol. The summed E-state index contributed by atoms with van der Waals surface area (Å²) in [6, 6.07) is 6.51. The van der Waals surface area contributed by atoms with E-state index in [1.54, 1.807) is 38.2 Å². The SMILES string of the molecule is CN[C@@H](C)C1(Sc2ccc(Cl)cc2)OC(=O)C=CC(=O)O1. The fraction of sp³-hybridized carbons (Fsp3) is 0.286. The predicted octanol–water partition coefficient (Wildman–Crippen LogP) is 2.35. The second-order valence-corrected chi connectivity index (χ2v) is 6.03. The quantitative estimate of drug-likeness (QED) is 0.856. The molecule has 1 aromatic rings. The molecule has 0 radical (unpaired) electrons. The van der Waals surface area contributed by atoms with Gasteiger partial charge in [0.25, 0.3) is 0 Å². The van der Waals surface area contributed by atoms with Gasteiger partial charge in [-0.05, 0) is 50.0 Å². The van der Waals surface area contributed by atoms with Crippen LogP contribution in [0.2, 0.25) is 5.02 Å². The van der Waals surface area contributed by atoms with Gasteiger partial charge in [-0.2, -0.15) is 0 Å². The van der Waals surface area contributed by atoms with Crippen molar-refractivity contribution in [1.29, 1.82) is 0 Å². The number of halogens is 1. The first kappa shape index (κ1) is 15.9. The molecule has 1 aliphatic heterocycles. The van der Waals surface area contributed by atoms with Crippen LogP contribution in [0.4, 0.5) is 0 Å². The number of esters is 2. The summed E-state index contributed by atoms with van der Waals surface area (Å²) in [5, 5.41) is 2.05. The van der Waals surface area contributed by atoms with Crippen molar-refractivity contribution in [2.75, 3.05) is 7.05 Å². The molecule has 1 aliphatic rings. The number of hydrogen-bond acceptors (Lipinski definition) is 6. The molecule has 7 heteroatoms. The zero-order valence-corrected chi connectivity index (χ0v) is 13.0. The van der Waals surface area contributed by atoms with E-state index in [0.29, 0.717) is 5.02 Å². The zero-order valence-electron chi connectivity index (χ0n) is 11.5. The van der Waals surface area contributed by atoms with Crippen molar-refractivity contribution in [3.8, 4) is 0 Å². The number of thioether (sulfide) groups is 1. The summed E-state index contributed by atoms with van der Waals surface area (Å²) in [4.78, 5) is 24.2. The summed E-state index contributed by atoms with van der Waals surface area (Å²) in [5.41, 5.74) is 0. The van der Waals surface area contributed by atoms with Gasteiger partial charge in [-0.3, -0.25) is 0 Å². The van der Waals surface area contributed by atoms with Gasteiger partial charge in [-0.25, -0.2) is 9.59 Å². The van der Waals surface area contributed by atoms with Gasteiger partial charge in [0.1, 0.15) is 0 Å². The number of benzene rings is 1. The van der Waals surface area contributed by atoms with Gasteiger partial charge in [0.2, 0.25) is 0 Å². The van der Waals surface area contributed by atoms with E-state index in [9.17, 15) is 9.59 Å². The average molecular weight is 328 g/mol. The lowest BCUT2D eigenvalue weighted by atomic mass is 10.3. The van der Waals surface area contributed by atoms with E-state index in [2.05, 4.69) is 5.32 Å². The Bertz CT molecular complexity index is 553. The highest BCUT2D eigenvalue weighted by Gasteiger charge is 2.46. The number of hydrogen-bond donors (Lipinski definition) is 1. The van der Waals surface area contributed by atoms with Crippen LogP contribution >= 0.6 is 23.4 Å². The van der Waals surface area contributed by atoms with Gasteiger partial charge in [0, 0.05) is 22.1 Å². The fourth-order valence-corrected chi connectivity index (χ4v) is 2.92. The number of ether oxygens (including phenoxy) is 2. The van der Waals surface area contributed by atoms with Crippen molar-refractivity contribution in [2.45, 2.75) is 23.0 Å². The van der Waals surface area contributed by atoms with E-state index in [-0.39, 0.29) is 0 Å². The van der Waals surface area contributed by atoms with Crippen LogP contribution in [-0.4, -0.2) is 30.1 Å². The van der Waals surface area contributed by atoms with Crippen molar-refractivity contribution in [3.63, 3.8) is 0 Å². The summed E-state index contributed by atoms with van der Waals surface area (Å²) < 4.78 is 10.7. The smallest absolute Gasteiger partial charge is 0.334 e. The molecule has 0 aliphatic carbocycles. The van der Waals surface area contributed by atoms with Crippen molar-refractivity contribution in [2.24, 2.45) is 0 Å². The van der Waals surface area contributed by atoms with Crippen molar-refractivity contribution in [1.82, 2.24) is 5.32 Å². The van der Waals surface area contributed by atoms with E-state index in [1.165, 1.54) is 0 Å². The van der Waals surface area contributed by atoms with Gasteiger partial charge in [-0.15, -0.1) is 0 Å². The minimum Gasteiger partial charge on any atom is -0.408 e. The molecule has 0 saturated carbocycles. The largest absolute Gasteiger partial charge is 0.408 e. The first-order valence-corrected chi connectivity index (χ1v) is 7.40. The summed E-state index contributed by atoms with van der Waals surface area (Å²) >= 11 is 6.98. The lowest BCUT2D eigenvalue weighted by Crippen LogP contribution is -2.50. The minimum absolute atomic E-state index is 0.425. The molecule has 0 spiro atoms. The Kier molecular flexibility index (Phi) is 4.92. The van der Waals surface area contributed by atoms with Crippen LogP contribution in [0.1, 0.15) is 6.92 Å².